The molecule has 1 fully saturated rings. The summed E-state index contributed by atoms with van der Waals surface area (Å²) < 4.78 is 5.47. The molecule has 1 aromatic rings. The van der Waals surface area contributed by atoms with Crippen LogP contribution in [0, 0.1) is 5.92 Å². The van der Waals surface area contributed by atoms with Crippen LogP contribution in [0.2, 0.25) is 0 Å². The standard InChI is InChI=1S/C13H22N2O/c14-15-13(12-9-6-10-16-12)11-7-4-2-1-3-5-8-11/h6,9-11,13,15H,1-5,7-8,14H2. The van der Waals surface area contributed by atoms with Gasteiger partial charge in [-0.3, -0.25) is 5.84 Å². The highest BCUT2D eigenvalue weighted by Gasteiger charge is 2.24. The Bertz CT molecular complexity index is 276. The van der Waals surface area contributed by atoms with Gasteiger partial charge in [-0.2, -0.15) is 0 Å². The number of hydrogen-bond acceptors (Lipinski definition) is 3. The normalized spacial score (nSPS) is 21.3. The molecule has 90 valence electrons. The molecular weight excluding hydrogens is 200 g/mol. The molecule has 0 aliphatic heterocycles. The van der Waals surface area contributed by atoms with E-state index in [4.69, 9.17) is 10.3 Å². The first-order valence-electron chi connectivity index (χ1n) is 6.41. The minimum absolute atomic E-state index is 0.188. The zero-order valence-electron chi connectivity index (χ0n) is 9.82. The summed E-state index contributed by atoms with van der Waals surface area (Å²) in [5.74, 6) is 7.28. The Morgan fingerprint density at radius 3 is 2.44 bits per heavy atom. The monoisotopic (exact) mass is 222 g/mol. The van der Waals surface area contributed by atoms with Crippen molar-refractivity contribution in [1.29, 1.82) is 0 Å². The van der Waals surface area contributed by atoms with E-state index in [9.17, 15) is 0 Å². The summed E-state index contributed by atoms with van der Waals surface area (Å²) in [5, 5.41) is 0. The Morgan fingerprint density at radius 2 is 1.88 bits per heavy atom. The van der Waals surface area contributed by atoms with E-state index >= 15 is 0 Å². The fourth-order valence-electron chi connectivity index (χ4n) is 2.74. The Hall–Kier alpha value is -0.800. The van der Waals surface area contributed by atoms with Crippen molar-refractivity contribution < 1.29 is 4.42 Å². The Morgan fingerprint density at radius 1 is 1.19 bits per heavy atom. The molecule has 1 aromatic heterocycles. The Labute approximate surface area is 97.4 Å². The molecule has 3 nitrogen and oxygen atoms in total. The average molecular weight is 222 g/mol. The molecule has 0 amide bonds. The molecule has 1 aliphatic rings. The zero-order valence-corrected chi connectivity index (χ0v) is 9.82. The second-order valence-corrected chi connectivity index (χ2v) is 4.76. The van der Waals surface area contributed by atoms with E-state index in [1.165, 1.54) is 44.9 Å². The van der Waals surface area contributed by atoms with Gasteiger partial charge in [-0.1, -0.05) is 32.1 Å². The van der Waals surface area contributed by atoms with E-state index in [1.54, 1.807) is 6.26 Å². The summed E-state index contributed by atoms with van der Waals surface area (Å²) in [6, 6.07) is 4.14. The van der Waals surface area contributed by atoms with Crippen LogP contribution in [0.5, 0.6) is 0 Å². The molecule has 2 rings (SSSR count). The van der Waals surface area contributed by atoms with Crippen LogP contribution in [0.3, 0.4) is 0 Å². The fourth-order valence-corrected chi connectivity index (χ4v) is 2.74. The second-order valence-electron chi connectivity index (χ2n) is 4.76. The number of hydrogen-bond donors (Lipinski definition) is 2. The van der Waals surface area contributed by atoms with Gasteiger partial charge in [-0.05, 0) is 30.9 Å². The number of rotatable bonds is 3. The number of nitrogens with two attached hydrogens (primary N) is 1. The van der Waals surface area contributed by atoms with Gasteiger partial charge in [0, 0.05) is 0 Å². The quantitative estimate of drug-likeness (QED) is 0.610. The van der Waals surface area contributed by atoms with Gasteiger partial charge in [0.25, 0.3) is 0 Å². The summed E-state index contributed by atoms with van der Waals surface area (Å²) in [6.07, 6.45) is 11.0. The molecular formula is C13H22N2O. The highest BCUT2D eigenvalue weighted by Crippen LogP contribution is 2.32. The van der Waals surface area contributed by atoms with E-state index in [1.807, 2.05) is 12.1 Å². The van der Waals surface area contributed by atoms with Crippen LogP contribution in [0.15, 0.2) is 22.8 Å². The van der Waals surface area contributed by atoms with Crippen molar-refractivity contribution >= 4 is 0 Å². The fraction of sp³-hybridized carbons (Fsp3) is 0.692. The smallest absolute Gasteiger partial charge is 0.122 e. The van der Waals surface area contributed by atoms with E-state index in [2.05, 4.69) is 5.43 Å². The summed E-state index contributed by atoms with van der Waals surface area (Å²) in [7, 11) is 0. The van der Waals surface area contributed by atoms with Crippen molar-refractivity contribution in [3.05, 3.63) is 24.2 Å². The predicted octanol–water partition coefficient (Wildman–Crippen LogP) is 3.14. The van der Waals surface area contributed by atoms with Crippen LogP contribution in [0.25, 0.3) is 0 Å². The molecule has 3 heteroatoms. The van der Waals surface area contributed by atoms with Crippen molar-refractivity contribution in [3.63, 3.8) is 0 Å². The van der Waals surface area contributed by atoms with Gasteiger partial charge >= 0.3 is 0 Å². The topological polar surface area (TPSA) is 51.2 Å². The number of furan rings is 1. The maximum Gasteiger partial charge on any atom is 0.122 e. The molecule has 1 aliphatic carbocycles. The van der Waals surface area contributed by atoms with Crippen LogP contribution in [0.4, 0.5) is 0 Å². The summed E-state index contributed by atoms with van der Waals surface area (Å²) in [4.78, 5) is 0. The summed E-state index contributed by atoms with van der Waals surface area (Å²) in [6.45, 7) is 0. The van der Waals surface area contributed by atoms with Gasteiger partial charge in [0.05, 0.1) is 12.3 Å². The third-order valence-corrected chi connectivity index (χ3v) is 3.65. The molecule has 0 bridgehead atoms. The molecule has 0 radical (unpaired) electrons. The first-order chi connectivity index (χ1) is 7.92. The number of nitrogens with one attached hydrogen (secondary N) is 1. The van der Waals surface area contributed by atoms with E-state index in [0.29, 0.717) is 5.92 Å². The first kappa shape index (κ1) is 11.7. The molecule has 1 atom stereocenters. The molecule has 3 N–H and O–H groups in total. The highest BCUT2D eigenvalue weighted by atomic mass is 16.3. The van der Waals surface area contributed by atoms with Crippen LogP contribution in [-0.4, -0.2) is 0 Å². The van der Waals surface area contributed by atoms with Crippen LogP contribution >= 0.6 is 0 Å². The minimum Gasteiger partial charge on any atom is -0.468 e. The van der Waals surface area contributed by atoms with Crippen molar-refractivity contribution in [2.75, 3.05) is 0 Å². The lowest BCUT2D eigenvalue weighted by Crippen LogP contribution is -2.33. The van der Waals surface area contributed by atoms with Crippen molar-refractivity contribution in [2.24, 2.45) is 11.8 Å². The third kappa shape index (κ3) is 2.86. The largest absolute Gasteiger partial charge is 0.468 e. The summed E-state index contributed by atoms with van der Waals surface area (Å²) in [5.41, 5.74) is 2.93. The second kappa shape index (κ2) is 6.06. The molecule has 1 saturated carbocycles. The molecule has 16 heavy (non-hydrogen) atoms. The molecule has 0 saturated heterocycles. The lowest BCUT2D eigenvalue weighted by Gasteiger charge is -2.26. The maximum atomic E-state index is 5.67. The predicted molar refractivity (Wildman–Crippen MR) is 64.6 cm³/mol. The molecule has 1 heterocycles. The van der Waals surface area contributed by atoms with Crippen LogP contribution < -0.4 is 11.3 Å². The lowest BCUT2D eigenvalue weighted by atomic mass is 9.85. The van der Waals surface area contributed by atoms with Crippen molar-refractivity contribution in [1.82, 2.24) is 5.43 Å². The van der Waals surface area contributed by atoms with E-state index in [0.717, 1.165) is 5.76 Å². The van der Waals surface area contributed by atoms with Gasteiger partial charge in [0.2, 0.25) is 0 Å². The highest BCUT2D eigenvalue weighted by molar-refractivity contribution is 5.05. The average Bonchev–Trinajstić information content (AvgIpc) is 2.75. The van der Waals surface area contributed by atoms with Gasteiger partial charge in [-0.15, -0.1) is 0 Å². The number of hydrazine groups is 1. The third-order valence-electron chi connectivity index (χ3n) is 3.65. The van der Waals surface area contributed by atoms with E-state index < -0.39 is 0 Å². The van der Waals surface area contributed by atoms with Gasteiger partial charge in [-0.25, -0.2) is 5.43 Å². The first-order valence-corrected chi connectivity index (χ1v) is 6.41. The van der Waals surface area contributed by atoms with Crippen LogP contribution in [-0.2, 0) is 0 Å². The van der Waals surface area contributed by atoms with Crippen molar-refractivity contribution in [3.8, 4) is 0 Å². The molecule has 0 spiro atoms. The van der Waals surface area contributed by atoms with Crippen molar-refractivity contribution in [2.45, 2.75) is 51.0 Å². The molecule has 1 unspecified atom stereocenters. The van der Waals surface area contributed by atoms with Gasteiger partial charge in [0.1, 0.15) is 5.76 Å². The lowest BCUT2D eigenvalue weighted by molar-refractivity contribution is 0.260. The molecule has 0 aromatic carbocycles. The van der Waals surface area contributed by atoms with E-state index in [-0.39, 0.29) is 6.04 Å². The Balaban J connectivity index is 2.01. The zero-order chi connectivity index (χ0) is 11.2. The van der Waals surface area contributed by atoms with Gasteiger partial charge < -0.3 is 4.42 Å². The van der Waals surface area contributed by atoms with Crippen LogP contribution in [0.1, 0.15) is 56.7 Å². The van der Waals surface area contributed by atoms with Gasteiger partial charge in [0.15, 0.2) is 0 Å². The SMILES string of the molecule is NNC(c1ccco1)C1CCCCCCC1. The minimum atomic E-state index is 0.188. The Kier molecular flexibility index (Phi) is 4.43. The summed E-state index contributed by atoms with van der Waals surface area (Å²) >= 11 is 0. The maximum absolute atomic E-state index is 5.67.